The smallest absolute Gasteiger partial charge is 0.332 e. The molecule has 2 rings (SSSR count). The standard InChI is InChI=1S/C14H16N2O3/c15-7-10-2-1-3-11(6-10)8-16-9-12-4-5-13(19-12)14(17)18/h1-3,6,12-13,16H,4-5,8-9H2,(H,17,18). The number of nitriles is 1. The molecule has 0 aromatic heterocycles. The minimum absolute atomic E-state index is 0.0414. The van der Waals surface area contributed by atoms with Crippen LogP contribution in [0.25, 0.3) is 0 Å². The molecule has 1 aliphatic heterocycles. The van der Waals surface area contributed by atoms with E-state index in [0.29, 0.717) is 25.1 Å². The molecule has 0 bridgehead atoms. The number of rotatable bonds is 5. The molecule has 0 radical (unpaired) electrons. The van der Waals surface area contributed by atoms with Gasteiger partial charge in [0.2, 0.25) is 0 Å². The number of hydrogen-bond donors (Lipinski definition) is 2. The van der Waals surface area contributed by atoms with Gasteiger partial charge in [0.25, 0.3) is 0 Å². The number of benzene rings is 1. The zero-order valence-electron chi connectivity index (χ0n) is 10.5. The van der Waals surface area contributed by atoms with E-state index < -0.39 is 12.1 Å². The van der Waals surface area contributed by atoms with E-state index in [0.717, 1.165) is 12.0 Å². The van der Waals surface area contributed by atoms with Gasteiger partial charge in [-0.25, -0.2) is 4.79 Å². The van der Waals surface area contributed by atoms with Crippen LogP contribution in [0.4, 0.5) is 0 Å². The van der Waals surface area contributed by atoms with Crippen LogP contribution in [0.15, 0.2) is 24.3 Å². The summed E-state index contributed by atoms with van der Waals surface area (Å²) in [5.74, 6) is -0.885. The topological polar surface area (TPSA) is 82.4 Å². The SMILES string of the molecule is N#Cc1cccc(CNCC2CCC(C(=O)O)O2)c1. The fourth-order valence-electron chi connectivity index (χ4n) is 2.17. The summed E-state index contributed by atoms with van der Waals surface area (Å²) in [5.41, 5.74) is 1.68. The average Bonchev–Trinajstić information content (AvgIpc) is 2.88. The lowest BCUT2D eigenvalue weighted by Crippen LogP contribution is -2.28. The molecule has 1 saturated heterocycles. The summed E-state index contributed by atoms with van der Waals surface area (Å²) in [5, 5.41) is 20.8. The van der Waals surface area contributed by atoms with Crippen LogP contribution in [-0.2, 0) is 16.1 Å². The quantitative estimate of drug-likeness (QED) is 0.833. The maximum atomic E-state index is 10.7. The van der Waals surface area contributed by atoms with Gasteiger partial charge in [-0.05, 0) is 30.5 Å². The van der Waals surface area contributed by atoms with Crippen LogP contribution in [0.5, 0.6) is 0 Å². The monoisotopic (exact) mass is 260 g/mol. The number of nitrogens with zero attached hydrogens (tertiary/aromatic N) is 1. The zero-order valence-corrected chi connectivity index (χ0v) is 10.5. The number of hydrogen-bond acceptors (Lipinski definition) is 4. The van der Waals surface area contributed by atoms with Crippen LogP contribution >= 0.6 is 0 Å². The third-order valence-electron chi connectivity index (χ3n) is 3.14. The first-order chi connectivity index (χ1) is 9.19. The second kappa shape index (κ2) is 6.32. The predicted molar refractivity (Wildman–Crippen MR) is 68.4 cm³/mol. The van der Waals surface area contributed by atoms with Crippen molar-refractivity contribution in [2.45, 2.75) is 31.6 Å². The summed E-state index contributed by atoms with van der Waals surface area (Å²) >= 11 is 0. The Balaban J connectivity index is 1.75. The molecule has 1 aliphatic rings. The van der Waals surface area contributed by atoms with Crippen molar-refractivity contribution in [2.75, 3.05) is 6.54 Å². The Hall–Kier alpha value is -1.90. The molecular weight excluding hydrogens is 244 g/mol. The molecule has 1 aromatic rings. The Morgan fingerprint density at radius 1 is 1.53 bits per heavy atom. The maximum absolute atomic E-state index is 10.7. The highest BCUT2D eigenvalue weighted by molar-refractivity contribution is 5.72. The Morgan fingerprint density at radius 2 is 2.37 bits per heavy atom. The van der Waals surface area contributed by atoms with E-state index >= 15 is 0 Å². The first-order valence-corrected chi connectivity index (χ1v) is 6.27. The maximum Gasteiger partial charge on any atom is 0.332 e. The van der Waals surface area contributed by atoms with Crippen LogP contribution in [0, 0.1) is 11.3 Å². The van der Waals surface area contributed by atoms with Crippen molar-refractivity contribution in [2.24, 2.45) is 0 Å². The van der Waals surface area contributed by atoms with Gasteiger partial charge >= 0.3 is 5.97 Å². The van der Waals surface area contributed by atoms with Crippen molar-refractivity contribution >= 4 is 5.97 Å². The van der Waals surface area contributed by atoms with Crippen LogP contribution < -0.4 is 5.32 Å². The van der Waals surface area contributed by atoms with Crippen LogP contribution in [0.3, 0.4) is 0 Å². The molecule has 0 spiro atoms. The molecule has 2 N–H and O–H groups in total. The number of ether oxygens (including phenoxy) is 1. The third kappa shape index (κ3) is 3.78. The van der Waals surface area contributed by atoms with Crippen LogP contribution in [0.1, 0.15) is 24.0 Å². The van der Waals surface area contributed by atoms with Crippen molar-refractivity contribution in [1.29, 1.82) is 5.26 Å². The van der Waals surface area contributed by atoms with E-state index in [1.165, 1.54) is 0 Å². The van der Waals surface area contributed by atoms with Gasteiger partial charge in [-0.3, -0.25) is 0 Å². The normalized spacial score (nSPS) is 22.1. The lowest BCUT2D eigenvalue weighted by atomic mass is 10.1. The average molecular weight is 260 g/mol. The fraction of sp³-hybridized carbons (Fsp3) is 0.429. The zero-order chi connectivity index (χ0) is 13.7. The number of carboxylic acid groups (broad SMARTS) is 1. The molecular formula is C14H16N2O3. The van der Waals surface area contributed by atoms with Gasteiger partial charge in [-0.15, -0.1) is 0 Å². The second-order valence-electron chi connectivity index (χ2n) is 4.61. The number of nitrogens with one attached hydrogen (secondary N) is 1. The summed E-state index contributed by atoms with van der Waals surface area (Å²) in [4.78, 5) is 10.7. The van der Waals surface area contributed by atoms with Gasteiger partial charge < -0.3 is 15.2 Å². The number of carbonyl (C=O) groups is 1. The first-order valence-electron chi connectivity index (χ1n) is 6.27. The van der Waals surface area contributed by atoms with Gasteiger partial charge in [0.15, 0.2) is 6.10 Å². The molecule has 2 atom stereocenters. The summed E-state index contributed by atoms with van der Waals surface area (Å²) in [7, 11) is 0. The van der Waals surface area contributed by atoms with Crippen LogP contribution in [0.2, 0.25) is 0 Å². The van der Waals surface area contributed by atoms with Crippen molar-refractivity contribution in [3.8, 4) is 6.07 Å². The fourth-order valence-corrected chi connectivity index (χ4v) is 2.17. The largest absolute Gasteiger partial charge is 0.479 e. The van der Waals surface area contributed by atoms with E-state index in [2.05, 4.69) is 11.4 Å². The molecule has 0 aliphatic carbocycles. The minimum atomic E-state index is -0.885. The summed E-state index contributed by atoms with van der Waals surface area (Å²) < 4.78 is 5.39. The Labute approximate surface area is 111 Å². The molecule has 1 heterocycles. The molecule has 5 heteroatoms. The van der Waals surface area contributed by atoms with Gasteiger partial charge in [-0.1, -0.05) is 12.1 Å². The molecule has 0 amide bonds. The molecule has 5 nitrogen and oxygen atoms in total. The summed E-state index contributed by atoms with van der Waals surface area (Å²) in [6.07, 6.45) is 0.641. The first kappa shape index (κ1) is 13.5. The summed E-state index contributed by atoms with van der Waals surface area (Å²) in [6, 6.07) is 9.50. The van der Waals surface area contributed by atoms with Crippen LogP contribution in [-0.4, -0.2) is 29.8 Å². The third-order valence-corrected chi connectivity index (χ3v) is 3.14. The highest BCUT2D eigenvalue weighted by atomic mass is 16.5. The molecule has 1 fully saturated rings. The van der Waals surface area contributed by atoms with Crippen molar-refractivity contribution < 1.29 is 14.6 Å². The van der Waals surface area contributed by atoms with Crippen molar-refractivity contribution in [1.82, 2.24) is 5.32 Å². The molecule has 2 unspecified atom stereocenters. The molecule has 1 aromatic carbocycles. The molecule has 0 saturated carbocycles. The molecule has 100 valence electrons. The van der Waals surface area contributed by atoms with Crippen molar-refractivity contribution in [3.05, 3.63) is 35.4 Å². The lowest BCUT2D eigenvalue weighted by molar-refractivity contribution is -0.149. The summed E-state index contributed by atoms with van der Waals surface area (Å²) in [6.45, 7) is 1.27. The van der Waals surface area contributed by atoms with E-state index in [1.807, 2.05) is 18.2 Å². The lowest BCUT2D eigenvalue weighted by Gasteiger charge is -2.12. The second-order valence-corrected chi connectivity index (χ2v) is 4.61. The van der Waals surface area contributed by atoms with Gasteiger partial charge in [-0.2, -0.15) is 5.26 Å². The van der Waals surface area contributed by atoms with Gasteiger partial charge in [0.1, 0.15) is 0 Å². The van der Waals surface area contributed by atoms with Gasteiger partial charge in [0, 0.05) is 13.1 Å². The van der Waals surface area contributed by atoms with Crippen molar-refractivity contribution in [3.63, 3.8) is 0 Å². The highest BCUT2D eigenvalue weighted by Crippen LogP contribution is 2.19. The van der Waals surface area contributed by atoms with E-state index in [-0.39, 0.29) is 6.10 Å². The Kier molecular flexibility index (Phi) is 4.50. The minimum Gasteiger partial charge on any atom is -0.479 e. The molecule has 19 heavy (non-hydrogen) atoms. The van der Waals surface area contributed by atoms with E-state index in [1.54, 1.807) is 6.07 Å². The number of aliphatic carboxylic acids is 1. The predicted octanol–water partition coefficient (Wildman–Crippen LogP) is 1.28. The van der Waals surface area contributed by atoms with Gasteiger partial charge in [0.05, 0.1) is 17.7 Å². The van der Waals surface area contributed by atoms with E-state index in [9.17, 15) is 4.79 Å². The highest BCUT2D eigenvalue weighted by Gasteiger charge is 2.29. The van der Waals surface area contributed by atoms with E-state index in [4.69, 9.17) is 15.1 Å². The Morgan fingerprint density at radius 3 is 3.05 bits per heavy atom. The number of carboxylic acids is 1. The Bertz CT molecular complexity index is 496.